The van der Waals surface area contributed by atoms with Crippen molar-refractivity contribution in [3.8, 4) is 0 Å². The van der Waals surface area contributed by atoms with Gasteiger partial charge in [0.15, 0.2) is 0 Å². The fraction of sp³-hybridized carbons (Fsp3) is 0.154. The lowest BCUT2D eigenvalue weighted by Gasteiger charge is -2.10. The van der Waals surface area contributed by atoms with Crippen LogP contribution in [0.3, 0.4) is 0 Å². The maximum absolute atomic E-state index is 12.3. The summed E-state index contributed by atoms with van der Waals surface area (Å²) in [7, 11) is 0. The van der Waals surface area contributed by atoms with Gasteiger partial charge >= 0.3 is 0 Å². The van der Waals surface area contributed by atoms with Crippen molar-refractivity contribution in [2.45, 2.75) is 6.92 Å². The monoisotopic (exact) mass is 476 g/mol. The van der Waals surface area contributed by atoms with Crippen LogP contribution in [0.5, 0.6) is 0 Å². The fourth-order valence-corrected chi connectivity index (χ4v) is 4.04. The quantitative estimate of drug-likeness (QED) is 0.681. The van der Waals surface area contributed by atoms with Crippen LogP contribution in [-0.2, 0) is 0 Å². The molecule has 0 aliphatic carbocycles. The minimum atomic E-state index is -0.328. The number of anilines is 2. The topological polar surface area (TPSA) is 66.9 Å². The number of rotatable bonds is 4. The maximum Gasteiger partial charge on any atom is 0.276 e. The van der Waals surface area contributed by atoms with Crippen molar-refractivity contribution in [1.82, 2.24) is 9.97 Å². The molecule has 110 valence electrons. The average molecular weight is 479 g/mol. The molecule has 5 nitrogen and oxygen atoms in total. The molecule has 2 N–H and O–H groups in total. The summed E-state index contributed by atoms with van der Waals surface area (Å²) in [6, 6.07) is 3.70. The summed E-state index contributed by atoms with van der Waals surface area (Å²) in [5, 5.41) is 5.83. The minimum Gasteiger partial charge on any atom is -0.369 e. The molecule has 0 saturated carbocycles. The Morgan fingerprint density at radius 1 is 1.19 bits per heavy atom. The Labute approximate surface area is 147 Å². The van der Waals surface area contributed by atoms with Gasteiger partial charge in [0.05, 0.1) is 18.1 Å². The number of nitrogens with one attached hydrogen (secondary N) is 2. The zero-order valence-corrected chi connectivity index (χ0v) is 15.7. The molecular formula is C13H11Br3N4O. The van der Waals surface area contributed by atoms with Crippen LogP contribution in [0.25, 0.3) is 0 Å². The number of hydrogen-bond acceptors (Lipinski definition) is 4. The summed E-state index contributed by atoms with van der Waals surface area (Å²) in [4.78, 5) is 20.5. The van der Waals surface area contributed by atoms with Crippen LogP contribution in [0.15, 0.2) is 37.9 Å². The smallest absolute Gasteiger partial charge is 0.276 e. The highest BCUT2D eigenvalue weighted by atomic mass is 79.9. The Morgan fingerprint density at radius 3 is 2.48 bits per heavy atom. The van der Waals surface area contributed by atoms with Gasteiger partial charge in [-0.05, 0) is 50.9 Å². The van der Waals surface area contributed by atoms with Gasteiger partial charge < -0.3 is 10.6 Å². The predicted octanol–water partition coefficient (Wildman–Crippen LogP) is 4.45. The summed E-state index contributed by atoms with van der Waals surface area (Å²) in [6.07, 6.45) is 3.00. The first-order chi connectivity index (χ1) is 10.0. The molecule has 0 radical (unpaired) electrons. The Morgan fingerprint density at radius 2 is 1.86 bits per heavy atom. The van der Waals surface area contributed by atoms with Gasteiger partial charge in [-0.25, -0.2) is 4.98 Å². The molecule has 0 aliphatic rings. The third-order valence-electron chi connectivity index (χ3n) is 2.47. The van der Waals surface area contributed by atoms with E-state index in [0.717, 1.165) is 13.4 Å². The summed E-state index contributed by atoms with van der Waals surface area (Å²) in [6.45, 7) is 2.66. The van der Waals surface area contributed by atoms with E-state index in [0.29, 0.717) is 18.1 Å². The molecule has 0 saturated heterocycles. The van der Waals surface area contributed by atoms with E-state index in [9.17, 15) is 4.79 Å². The van der Waals surface area contributed by atoms with E-state index in [2.05, 4.69) is 68.4 Å². The number of benzene rings is 1. The van der Waals surface area contributed by atoms with Crippen LogP contribution < -0.4 is 10.6 Å². The van der Waals surface area contributed by atoms with E-state index in [1.165, 1.54) is 6.20 Å². The van der Waals surface area contributed by atoms with Gasteiger partial charge in [-0.3, -0.25) is 9.78 Å². The predicted molar refractivity (Wildman–Crippen MR) is 93.7 cm³/mol. The van der Waals surface area contributed by atoms with Crippen LogP contribution in [0.1, 0.15) is 17.4 Å². The zero-order valence-electron chi connectivity index (χ0n) is 11.0. The molecule has 0 unspecified atom stereocenters. The highest BCUT2D eigenvalue weighted by Gasteiger charge is 2.14. The van der Waals surface area contributed by atoms with Gasteiger partial charge in [0.2, 0.25) is 0 Å². The van der Waals surface area contributed by atoms with Crippen molar-refractivity contribution < 1.29 is 4.79 Å². The number of carbonyl (C=O) groups is 1. The molecule has 21 heavy (non-hydrogen) atoms. The molecule has 1 aromatic heterocycles. The minimum absolute atomic E-state index is 0.246. The third kappa shape index (κ3) is 4.24. The second kappa shape index (κ2) is 7.33. The third-order valence-corrected chi connectivity index (χ3v) is 4.18. The maximum atomic E-state index is 12.3. The van der Waals surface area contributed by atoms with Gasteiger partial charge in [-0.15, -0.1) is 0 Å². The Hall–Kier alpha value is -0.990. The average Bonchev–Trinajstić information content (AvgIpc) is 2.43. The molecule has 8 heteroatoms. The normalized spacial score (nSPS) is 10.3. The Balaban J connectivity index is 2.24. The van der Waals surface area contributed by atoms with Crippen LogP contribution >= 0.6 is 47.8 Å². The van der Waals surface area contributed by atoms with Gasteiger partial charge in [-0.1, -0.05) is 15.9 Å². The van der Waals surface area contributed by atoms with Crippen molar-refractivity contribution in [2.75, 3.05) is 17.2 Å². The molecule has 0 aliphatic heterocycles. The summed E-state index contributed by atoms with van der Waals surface area (Å²) in [5.41, 5.74) is 0.883. The first-order valence-electron chi connectivity index (χ1n) is 6.03. The van der Waals surface area contributed by atoms with Crippen LogP contribution in [0, 0.1) is 0 Å². The van der Waals surface area contributed by atoms with Crippen molar-refractivity contribution in [3.05, 3.63) is 43.6 Å². The summed E-state index contributed by atoms with van der Waals surface area (Å²) < 4.78 is 2.41. The lowest BCUT2D eigenvalue weighted by molar-refractivity contribution is 0.102. The van der Waals surface area contributed by atoms with E-state index < -0.39 is 0 Å². The van der Waals surface area contributed by atoms with E-state index in [1.54, 1.807) is 6.20 Å². The second-order valence-corrected chi connectivity index (χ2v) is 6.64. The summed E-state index contributed by atoms with van der Waals surface area (Å²) in [5.74, 6) is 0.241. The van der Waals surface area contributed by atoms with E-state index in [4.69, 9.17) is 0 Å². The largest absolute Gasteiger partial charge is 0.369 e. The highest BCUT2D eigenvalue weighted by Crippen LogP contribution is 2.34. The number of amides is 1. The molecule has 1 heterocycles. The van der Waals surface area contributed by atoms with Crippen LogP contribution in [0.2, 0.25) is 0 Å². The van der Waals surface area contributed by atoms with Gasteiger partial charge in [0, 0.05) is 20.0 Å². The lowest BCUT2D eigenvalue weighted by atomic mass is 10.3. The lowest BCUT2D eigenvalue weighted by Crippen LogP contribution is -2.16. The molecule has 0 fully saturated rings. The number of halogens is 3. The van der Waals surface area contributed by atoms with E-state index in [1.807, 2.05) is 19.1 Å². The van der Waals surface area contributed by atoms with Gasteiger partial charge in [0.1, 0.15) is 11.5 Å². The first-order valence-corrected chi connectivity index (χ1v) is 8.41. The Kier molecular flexibility index (Phi) is 5.72. The van der Waals surface area contributed by atoms with Gasteiger partial charge in [-0.2, -0.15) is 0 Å². The Bertz CT molecular complexity index is 655. The number of hydrogen-bond donors (Lipinski definition) is 2. The first kappa shape index (κ1) is 16.4. The van der Waals surface area contributed by atoms with Crippen LogP contribution in [0.4, 0.5) is 11.5 Å². The molecule has 0 bridgehead atoms. The van der Waals surface area contributed by atoms with Crippen molar-refractivity contribution in [1.29, 1.82) is 0 Å². The van der Waals surface area contributed by atoms with E-state index in [-0.39, 0.29) is 11.6 Å². The fourth-order valence-electron chi connectivity index (χ4n) is 1.58. The van der Waals surface area contributed by atoms with Crippen molar-refractivity contribution in [2.24, 2.45) is 0 Å². The molecular weight excluding hydrogens is 468 g/mol. The highest BCUT2D eigenvalue weighted by molar-refractivity contribution is 9.11. The molecule has 0 spiro atoms. The van der Waals surface area contributed by atoms with Crippen molar-refractivity contribution >= 4 is 65.2 Å². The molecule has 1 aromatic carbocycles. The number of aromatic nitrogens is 2. The second-order valence-electron chi connectivity index (χ2n) is 4.02. The number of carbonyl (C=O) groups excluding carboxylic acids is 1. The standard InChI is InChI=1S/C13H11Br3N4O/c1-2-18-11-6-17-5-10(19-11)13(21)20-12-8(15)3-7(14)4-9(12)16/h3-6H,2H2,1H3,(H,18,19)(H,20,21). The van der Waals surface area contributed by atoms with E-state index >= 15 is 0 Å². The molecule has 2 rings (SSSR count). The van der Waals surface area contributed by atoms with Crippen molar-refractivity contribution in [3.63, 3.8) is 0 Å². The molecule has 2 aromatic rings. The molecule has 0 atom stereocenters. The van der Waals surface area contributed by atoms with Crippen LogP contribution in [-0.4, -0.2) is 22.4 Å². The number of nitrogens with zero attached hydrogens (tertiary/aromatic N) is 2. The molecule has 1 amide bonds. The summed E-state index contributed by atoms with van der Waals surface area (Å²) >= 11 is 10.2. The SMILES string of the molecule is CCNc1cncc(C(=O)Nc2c(Br)cc(Br)cc2Br)n1. The zero-order chi connectivity index (χ0) is 15.4. The van der Waals surface area contributed by atoms with Gasteiger partial charge in [0.25, 0.3) is 5.91 Å².